The Bertz CT molecular complexity index is 704. The van der Waals surface area contributed by atoms with Gasteiger partial charge >= 0.3 is 0 Å². The van der Waals surface area contributed by atoms with Gasteiger partial charge in [-0.3, -0.25) is 0 Å². The highest BCUT2D eigenvalue weighted by molar-refractivity contribution is 5.17. The van der Waals surface area contributed by atoms with E-state index >= 15 is 0 Å². The van der Waals surface area contributed by atoms with Gasteiger partial charge in [0.15, 0.2) is 0 Å². The van der Waals surface area contributed by atoms with Crippen LogP contribution >= 0.6 is 0 Å². The minimum Gasteiger partial charge on any atom is -0.370 e. The normalized spacial score (nSPS) is 23.1. The number of halogens is 2. The summed E-state index contributed by atoms with van der Waals surface area (Å²) < 4.78 is 39.9. The first-order valence-corrected chi connectivity index (χ1v) is 8.87. The van der Waals surface area contributed by atoms with E-state index in [0.29, 0.717) is 11.1 Å². The summed E-state index contributed by atoms with van der Waals surface area (Å²) in [5.74, 6) is -0.509. The van der Waals surface area contributed by atoms with Gasteiger partial charge in [0.25, 0.3) is 0 Å². The molecule has 2 aromatic carbocycles. The van der Waals surface area contributed by atoms with Gasteiger partial charge in [0.05, 0.1) is 24.9 Å². The third kappa shape index (κ3) is 4.07. The molecule has 1 aliphatic rings. The van der Waals surface area contributed by atoms with Gasteiger partial charge in [-0.1, -0.05) is 43.3 Å². The quantitative estimate of drug-likeness (QED) is 0.668. The minimum atomic E-state index is -0.437. The van der Waals surface area contributed by atoms with Crippen molar-refractivity contribution in [1.29, 1.82) is 0 Å². The lowest BCUT2D eigenvalue weighted by atomic mass is 9.95. The first kappa shape index (κ1) is 18.0. The standard InChI is InChI=1S/C21H24F2O2/c1-2-21(25-15-17-9-4-6-11-19(17)23)13-7-12-20(21)24-14-16-8-3-5-10-18(16)22/h3-6,8-11,20H,2,7,12-15H2,1H3. The van der Waals surface area contributed by atoms with Gasteiger partial charge < -0.3 is 9.47 Å². The predicted octanol–water partition coefficient (Wildman–Crippen LogP) is 5.40. The molecular weight excluding hydrogens is 322 g/mol. The van der Waals surface area contributed by atoms with Crippen LogP contribution in [0.2, 0.25) is 0 Å². The van der Waals surface area contributed by atoms with E-state index < -0.39 is 5.60 Å². The zero-order valence-electron chi connectivity index (χ0n) is 14.5. The van der Waals surface area contributed by atoms with E-state index in [0.717, 1.165) is 25.7 Å². The molecule has 134 valence electrons. The fourth-order valence-corrected chi connectivity index (χ4v) is 3.56. The molecule has 3 rings (SSSR count). The number of ether oxygens (including phenoxy) is 2. The topological polar surface area (TPSA) is 18.5 Å². The van der Waals surface area contributed by atoms with Crippen molar-refractivity contribution in [3.8, 4) is 0 Å². The van der Waals surface area contributed by atoms with E-state index in [1.54, 1.807) is 36.4 Å². The van der Waals surface area contributed by atoms with Crippen molar-refractivity contribution < 1.29 is 18.3 Å². The molecule has 0 radical (unpaired) electrons. The van der Waals surface area contributed by atoms with Gasteiger partial charge in [-0.05, 0) is 37.8 Å². The molecule has 0 aliphatic heterocycles. The maximum atomic E-state index is 13.9. The second kappa shape index (κ2) is 8.07. The van der Waals surface area contributed by atoms with Crippen molar-refractivity contribution in [2.75, 3.05) is 0 Å². The molecule has 0 saturated heterocycles. The molecule has 2 unspecified atom stereocenters. The van der Waals surface area contributed by atoms with Crippen LogP contribution in [0, 0.1) is 11.6 Å². The summed E-state index contributed by atoms with van der Waals surface area (Å²) in [5, 5.41) is 0. The third-order valence-corrected chi connectivity index (χ3v) is 5.12. The van der Waals surface area contributed by atoms with Crippen molar-refractivity contribution in [3.63, 3.8) is 0 Å². The number of benzene rings is 2. The van der Waals surface area contributed by atoms with Crippen molar-refractivity contribution in [3.05, 3.63) is 71.3 Å². The summed E-state index contributed by atoms with van der Waals surface area (Å²) in [6.07, 6.45) is 3.42. The Labute approximate surface area is 147 Å². The number of rotatable bonds is 7. The molecule has 0 spiro atoms. The van der Waals surface area contributed by atoms with Crippen molar-refractivity contribution in [2.24, 2.45) is 0 Å². The lowest BCUT2D eigenvalue weighted by Gasteiger charge is -2.35. The molecule has 1 fully saturated rings. The van der Waals surface area contributed by atoms with Crippen LogP contribution in [0.1, 0.15) is 43.7 Å². The lowest BCUT2D eigenvalue weighted by molar-refractivity contribution is -0.144. The van der Waals surface area contributed by atoms with Crippen molar-refractivity contribution >= 4 is 0 Å². The van der Waals surface area contributed by atoms with Crippen LogP contribution in [0.25, 0.3) is 0 Å². The Morgan fingerprint density at radius 2 is 1.56 bits per heavy atom. The molecule has 0 heterocycles. The minimum absolute atomic E-state index is 0.108. The largest absolute Gasteiger partial charge is 0.370 e. The second-order valence-corrected chi connectivity index (χ2v) is 6.58. The first-order valence-electron chi connectivity index (χ1n) is 8.87. The second-order valence-electron chi connectivity index (χ2n) is 6.58. The summed E-state index contributed by atoms with van der Waals surface area (Å²) in [7, 11) is 0. The van der Waals surface area contributed by atoms with E-state index in [9.17, 15) is 8.78 Å². The summed E-state index contributed by atoms with van der Waals surface area (Å²) in [6.45, 7) is 2.51. The van der Waals surface area contributed by atoms with Gasteiger partial charge in [0.1, 0.15) is 11.6 Å². The lowest BCUT2D eigenvalue weighted by Crippen LogP contribution is -2.41. The molecule has 25 heavy (non-hydrogen) atoms. The Hall–Kier alpha value is -1.78. The molecule has 2 atom stereocenters. The van der Waals surface area contributed by atoms with Crippen molar-refractivity contribution in [2.45, 2.75) is 57.5 Å². The smallest absolute Gasteiger partial charge is 0.128 e. The molecule has 0 bridgehead atoms. The average Bonchev–Trinajstić information content (AvgIpc) is 3.04. The molecule has 4 heteroatoms. The Balaban J connectivity index is 1.66. The number of hydrogen-bond donors (Lipinski definition) is 0. The Kier molecular flexibility index (Phi) is 5.82. The molecule has 0 amide bonds. The highest BCUT2D eigenvalue weighted by Crippen LogP contribution is 2.39. The zero-order chi connectivity index (χ0) is 17.7. The maximum absolute atomic E-state index is 13.9. The fraction of sp³-hybridized carbons (Fsp3) is 0.429. The van der Waals surface area contributed by atoms with Crippen LogP contribution in [-0.4, -0.2) is 11.7 Å². The first-order chi connectivity index (χ1) is 12.1. The maximum Gasteiger partial charge on any atom is 0.128 e. The van der Waals surface area contributed by atoms with Gasteiger partial charge in [-0.25, -0.2) is 8.78 Å². The SMILES string of the molecule is CCC1(OCc2ccccc2F)CCCC1OCc1ccccc1F. The number of hydrogen-bond acceptors (Lipinski definition) is 2. The predicted molar refractivity (Wildman–Crippen MR) is 93.0 cm³/mol. The highest BCUT2D eigenvalue weighted by atomic mass is 19.1. The third-order valence-electron chi connectivity index (χ3n) is 5.12. The Morgan fingerprint density at radius 1 is 0.960 bits per heavy atom. The average molecular weight is 346 g/mol. The van der Waals surface area contributed by atoms with Crippen LogP contribution in [0.15, 0.2) is 48.5 Å². The molecular formula is C21H24F2O2. The van der Waals surface area contributed by atoms with Gasteiger partial charge in [-0.15, -0.1) is 0 Å². The fourth-order valence-electron chi connectivity index (χ4n) is 3.56. The molecule has 2 aromatic rings. The summed E-state index contributed by atoms with van der Waals surface area (Å²) >= 11 is 0. The van der Waals surface area contributed by atoms with E-state index in [1.165, 1.54) is 12.1 Å². The van der Waals surface area contributed by atoms with Crippen LogP contribution in [0.4, 0.5) is 8.78 Å². The monoisotopic (exact) mass is 346 g/mol. The van der Waals surface area contributed by atoms with Gasteiger partial charge in [0, 0.05) is 11.1 Å². The van der Waals surface area contributed by atoms with Crippen LogP contribution in [0.3, 0.4) is 0 Å². The summed E-state index contributed by atoms with van der Waals surface area (Å²) in [6, 6.07) is 13.3. The van der Waals surface area contributed by atoms with Gasteiger partial charge in [-0.2, -0.15) is 0 Å². The Morgan fingerprint density at radius 3 is 2.16 bits per heavy atom. The van der Waals surface area contributed by atoms with Gasteiger partial charge in [0.2, 0.25) is 0 Å². The van der Waals surface area contributed by atoms with Crippen molar-refractivity contribution in [1.82, 2.24) is 0 Å². The molecule has 1 saturated carbocycles. The molecule has 0 aromatic heterocycles. The van der Waals surface area contributed by atoms with Crippen LogP contribution in [-0.2, 0) is 22.7 Å². The summed E-state index contributed by atoms with van der Waals surface area (Å²) in [4.78, 5) is 0. The van der Waals surface area contributed by atoms with E-state index in [-0.39, 0.29) is 31.0 Å². The molecule has 1 aliphatic carbocycles. The highest BCUT2D eigenvalue weighted by Gasteiger charge is 2.43. The van der Waals surface area contributed by atoms with E-state index in [2.05, 4.69) is 6.92 Å². The van der Waals surface area contributed by atoms with Crippen LogP contribution < -0.4 is 0 Å². The van der Waals surface area contributed by atoms with E-state index in [1.807, 2.05) is 0 Å². The van der Waals surface area contributed by atoms with E-state index in [4.69, 9.17) is 9.47 Å². The zero-order valence-corrected chi connectivity index (χ0v) is 14.5. The molecule has 0 N–H and O–H groups in total. The molecule has 2 nitrogen and oxygen atoms in total. The summed E-state index contributed by atoms with van der Waals surface area (Å²) in [5.41, 5.74) is 0.664. The van der Waals surface area contributed by atoms with Crippen LogP contribution in [0.5, 0.6) is 0 Å².